The largest absolute Gasteiger partial charge is 0.872 e. The lowest BCUT2D eigenvalue weighted by atomic mass is 9.94. The van der Waals surface area contributed by atoms with Gasteiger partial charge in [0.1, 0.15) is 12.4 Å². The highest BCUT2D eigenvalue weighted by Crippen LogP contribution is 2.42. The van der Waals surface area contributed by atoms with Gasteiger partial charge in [0.05, 0.1) is 32.2 Å². The maximum absolute atomic E-state index is 13.9. The monoisotopic (exact) mass is 566 g/mol. The van der Waals surface area contributed by atoms with Crippen LogP contribution in [0.4, 0.5) is 0 Å². The van der Waals surface area contributed by atoms with E-state index in [-0.39, 0.29) is 5.57 Å². The second kappa shape index (κ2) is 12.7. The van der Waals surface area contributed by atoms with Gasteiger partial charge >= 0.3 is 0 Å². The van der Waals surface area contributed by atoms with Gasteiger partial charge in [0.2, 0.25) is 5.78 Å². The maximum Gasteiger partial charge on any atom is 0.295 e. The van der Waals surface area contributed by atoms with E-state index in [9.17, 15) is 14.7 Å². The van der Waals surface area contributed by atoms with Gasteiger partial charge in [-0.05, 0) is 67.3 Å². The summed E-state index contributed by atoms with van der Waals surface area (Å²) < 4.78 is 5.95. The molecule has 8 heteroatoms. The zero-order valence-corrected chi connectivity index (χ0v) is 23.8. The third-order valence-electron chi connectivity index (χ3n) is 7.17. The SMILES string of the molecule is CC[NH+](CC)CCN1C(=O)C(=O)C(=C([O-])c2ccc(OCc3ccccc3)c(C)c2)C1c1ccc(Cl)cc1Cl. The summed E-state index contributed by atoms with van der Waals surface area (Å²) in [7, 11) is 0. The summed E-state index contributed by atoms with van der Waals surface area (Å²) in [5.41, 5.74) is 2.48. The van der Waals surface area contributed by atoms with Crippen molar-refractivity contribution in [2.75, 3.05) is 26.2 Å². The number of likely N-dealkylation sites (tertiary alicyclic amines) is 1. The van der Waals surface area contributed by atoms with Crippen LogP contribution in [-0.2, 0) is 16.2 Å². The first-order valence-corrected chi connectivity index (χ1v) is 13.8. The summed E-state index contributed by atoms with van der Waals surface area (Å²) in [6, 6.07) is 18.8. The molecule has 1 atom stereocenters. The molecule has 6 nitrogen and oxygen atoms in total. The molecule has 1 aliphatic heterocycles. The predicted molar refractivity (Wildman–Crippen MR) is 152 cm³/mol. The molecule has 0 aromatic heterocycles. The first kappa shape index (κ1) is 28.7. The van der Waals surface area contributed by atoms with Gasteiger partial charge in [-0.15, -0.1) is 0 Å². The van der Waals surface area contributed by atoms with Crippen molar-refractivity contribution in [1.82, 2.24) is 4.90 Å². The van der Waals surface area contributed by atoms with Crippen molar-refractivity contribution in [3.63, 3.8) is 0 Å². The Morgan fingerprint density at radius 2 is 1.72 bits per heavy atom. The van der Waals surface area contributed by atoms with E-state index in [2.05, 4.69) is 13.8 Å². The van der Waals surface area contributed by atoms with Crippen LogP contribution >= 0.6 is 23.2 Å². The average Bonchev–Trinajstić information content (AvgIpc) is 3.18. The zero-order valence-electron chi connectivity index (χ0n) is 22.3. The molecule has 1 saturated heterocycles. The first-order valence-electron chi connectivity index (χ1n) is 13.1. The number of hydrogen-bond donors (Lipinski definition) is 1. The van der Waals surface area contributed by atoms with Crippen molar-refractivity contribution in [1.29, 1.82) is 0 Å². The number of aryl methyl sites for hydroxylation is 1. The molecule has 0 radical (unpaired) electrons. The lowest BCUT2D eigenvalue weighted by molar-refractivity contribution is -0.895. The topological polar surface area (TPSA) is 74.1 Å². The van der Waals surface area contributed by atoms with Gasteiger partial charge in [-0.1, -0.05) is 71.4 Å². The third-order valence-corrected chi connectivity index (χ3v) is 7.73. The second-order valence-corrected chi connectivity index (χ2v) is 10.4. The van der Waals surface area contributed by atoms with Gasteiger partial charge < -0.3 is 19.6 Å². The number of nitrogens with zero attached hydrogens (tertiary/aromatic N) is 1. The van der Waals surface area contributed by atoms with Crippen molar-refractivity contribution in [2.45, 2.75) is 33.4 Å². The van der Waals surface area contributed by atoms with Crippen molar-refractivity contribution >= 4 is 40.7 Å². The predicted octanol–water partition coefficient (Wildman–Crippen LogP) is 4.03. The molecular weight excluding hydrogens is 535 g/mol. The van der Waals surface area contributed by atoms with Gasteiger partial charge in [-0.25, -0.2) is 0 Å². The lowest BCUT2D eigenvalue weighted by Gasteiger charge is -2.29. The molecule has 0 spiro atoms. The number of carbonyl (C=O) groups is 2. The summed E-state index contributed by atoms with van der Waals surface area (Å²) in [6.45, 7) is 9.09. The lowest BCUT2D eigenvalue weighted by Crippen LogP contribution is -3.12. The third kappa shape index (κ3) is 6.30. The van der Waals surface area contributed by atoms with Crippen molar-refractivity contribution < 1.29 is 24.3 Å². The number of amides is 1. The molecule has 39 heavy (non-hydrogen) atoms. The van der Waals surface area contributed by atoms with Gasteiger partial charge in [0.25, 0.3) is 5.91 Å². The molecule has 0 saturated carbocycles. The fourth-order valence-corrected chi connectivity index (χ4v) is 5.38. The van der Waals surface area contributed by atoms with Crippen LogP contribution in [0, 0.1) is 6.92 Å². The van der Waals surface area contributed by atoms with E-state index in [1.54, 1.807) is 36.4 Å². The van der Waals surface area contributed by atoms with Gasteiger partial charge in [0.15, 0.2) is 0 Å². The highest BCUT2D eigenvalue weighted by molar-refractivity contribution is 6.47. The minimum absolute atomic E-state index is 0.101. The molecule has 1 heterocycles. The van der Waals surface area contributed by atoms with Crippen LogP contribution < -0.4 is 14.7 Å². The van der Waals surface area contributed by atoms with Crippen LogP contribution in [0.1, 0.15) is 42.1 Å². The number of ketones is 1. The number of benzene rings is 3. The number of halogens is 2. The van der Waals surface area contributed by atoms with Crippen LogP contribution in [-0.4, -0.2) is 42.8 Å². The summed E-state index contributed by atoms with van der Waals surface area (Å²) in [5, 5.41) is 14.6. The van der Waals surface area contributed by atoms with Gasteiger partial charge in [0, 0.05) is 15.6 Å². The molecule has 4 rings (SSSR count). The van der Waals surface area contributed by atoms with Crippen LogP contribution in [0.25, 0.3) is 5.76 Å². The Balaban J connectivity index is 1.72. The number of carbonyl (C=O) groups excluding carboxylic acids is 2. The summed E-state index contributed by atoms with van der Waals surface area (Å²) in [5.74, 6) is -1.36. The number of rotatable bonds is 10. The Kier molecular flexibility index (Phi) is 9.33. The van der Waals surface area contributed by atoms with E-state index in [1.807, 2.05) is 37.3 Å². The van der Waals surface area contributed by atoms with E-state index in [0.29, 0.717) is 46.6 Å². The molecule has 3 aromatic rings. The number of nitrogens with one attached hydrogen (secondary N) is 1. The Morgan fingerprint density at radius 3 is 2.36 bits per heavy atom. The van der Waals surface area contributed by atoms with E-state index >= 15 is 0 Å². The molecule has 3 aromatic carbocycles. The summed E-state index contributed by atoms with van der Waals surface area (Å²) >= 11 is 12.7. The Bertz CT molecular complexity index is 1390. The smallest absolute Gasteiger partial charge is 0.295 e. The number of ether oxygens (including phenoxy) is 1. The number of quaternary nitrogens is 1. The molecule has 1 fully saturated rings. The van der Waals surface area contributed by atoms with Gasteiger partial charge in [-0.3, -0.25) is 9.59 Å². The molecule has 0 aliphatic carbocycles. The normalized spacial score (nSPS) is 16.8. The second-order valence-electron chi connectivity index (χ2n) is 9.60. The maximum atomic E-state index is 13.9. The molecular formula is C31H32Cl2N2O4. The molecule has 1 aliphatic rings. The molecule has 1 N–H and O–H groups in total. The minimum atomic E-state index is -0.897. The number of hydrogen-bond acceptors (Lipinski definition) is 4. The van der Waals surface area contributed by atoms with E-state index in [4.69, 9.17) is 27.9 Å². The number of likely N-dealkylation sites (N-methyl/N-ethyl adjacent to an activating group) is 1. The Labute approximate surface area is 239 Å². The number of Topliss-reactive ketones (excluding diaryl/α,β-unsaturated/α-hetero) is 1. The standard InChI is InChI=1S/C31H32Cl2N2O4/c1-4-34(5-2)15-16-35-28(24-13-12-23(32)18-25(24)33)27(30(37)31(35)38)29(36)22-11-14-26(20(3)17-22)39-19-21-9-7-6-8-10-21/h6-14,17-18,28,36H,4-5,15-16,19H2,1-3H3. The van der Waals surface area contributed by atoms with E-state index < -0.39 is 23.5 Å². The first-order chi connectivity index (χ1) is 18.7. The highest BCUT2D eigenvalue weighted by Gasteiger charge is 2.45. The Hall–Kier alpha value is -3.32. The quantitative estimate of drug-likeness (QED) is 0.228. The van der Waals surface area contributed by atoms with Crippen molar-refractivity contribution in [3.05, 3.63) is 105 Å². The zero-order chi connectivity index (χ0) is 28.1. The molecule has 0 bridgehead atoms. The van der Waals surface area contributed by atoms with Crippen LogP contribution in [0.15, 0.2) is 72.3 Å². The van der Waals surface area contributed by atoms with Crippen LogP contribution in [0.3, 0.4) is 0 Å². The van der Waals surface area contributed by atoms with Crippen LogP contribution in [0.5, 0.6) is 5.75 Å². The van der Waals surface area contributed by atoms with Crippen LogP contribution in [0.2, 0.25) is 10.0 Å². The summed E-state index contributed by atoms with van der Waals surface area (Å²) in [4.78, 5) is 29.3. The highest BCUT2D eigenvalue weighted by atomic mass is 35.5. The molecule has 1 unspecified atom stereocenters. The fourth-order valence-electron chi connectivity index (χ4n) is 4.87. The van der Waals surface area contributed by atoms with Crippen molar-refractivity contribution in [3.8, 4) is 5.75 Å². The fraction of sp³-hybridized carbons (Fsp3) is 0.290. The van der Waals surface area contributed by atoms with E-state index in [1.165, 1.54) is 9.80 Å². The Morgan fingerprint density at radius 1 is 1.00 bits per heavy atom. The molecule has 204 valence electrons. The molecule has 1 amide bonds. The van der Waals surface area contributed by atoms with Gasteiger partial charge in [-0.2, -0.15) is 0 Å². The van der Waals surface area contributed by atoms with E-state index in [0.717, 1.165) is 24.2 Å². The summed E-state index contributed by atoms with van der Waals surface area (Å²) in [6.07, 6.45) is 0. The average molecular weight is 568 g/mol. The minimum Gasteiger partial charge on any atom is -0.872 e. The van der Waals surface area contributed by atoms with Crippen molar-refractivity contribution in [2.24, 2.45) is 0 Å².